The van der Waals surface area contributed by atoms with Crippen LogP contribution in [0.25, 0.3) is 11.5 Å². The quantitative estimate of drug-likeness (QED) is 0.645. The highest BCUT2D eigenvalue weighted by atomic mass is 35.5. The lowest BCUT2D eigenvalue weighted by Gasteiger charge is -2.10. The second-order valence-electron chi connectivity index (χ2n) is 4.13. The van der Waals surface area contributed by atoms with Crippen molar-refractivity contribution in [3.05, 3.63) is 45.2 Å². The molecule has 0 saturated heterocycles. The summed E-state index contributed by atoms with van der Waals surface area (Å²) in [6.07, 6.45) is 3.70. The maximum atomic E-state index is 6.23. The van der Waals surface area contributed by atoms with Gasteiger partial charge in [0.15, 0.2) is 0 Å². The summed E-state index contributed by atoms with van der Waals surface area (Å²) in [4.78, 5) is 4.28. The maximum Gasteiger partial charge on any atom is 0.230 e. The number of allylic oxidation sites excluding steroid dienone is 1. The van der Waals surface area contributed by atoms with E-state index < -0.39 is 0 Å². The Balaban J connectivity index is 2.48. The van der Waals surface area contributed by atoms with Crippen LogP contribution < -0.4 is 4.74 Å². The largest absolute Gasteiger partial charge is 0.494 e. The van der Waals surface area contributed by atoms with E-state index in [4.69, 9.17) is 55.6 Å². The molecule has 0 aliphatic rings. The molecule has 112 valence electrons. The number of alkyl halides is 1. The fourth-order valence-electron chi connectivity index (χ4n) is 1.82. The molecular weight excluding hydrogens is 356 g/mol. The van der Waals surface area contributed by atoms with E-state index in [-0.39, 0.29) is 10.4 Å². The Morgan fingerprint density at radius 1 is 1.38 bits per heavy atom. The van der Waals surface area contributed by atoms with E-state index in [2.05, 4.69) is 4.98 Å². The summed E-state index contributed by atoms with van der Waals surface area (Å²) in [6.45, 7) is 0. The monoisotopic (exact) mass is 365 g/mol. The fraction of sp³-hybridized carbons (Fsp3) is 0.214. The Morgan fingerprint density at radius 3 is 2.71 bits per heavy atom. The smallest absolute Gasteiger partial charge is 0.230 e. The SMILES string of the molecule is COc1c(Cl)cc(CC=C(Cl)Cl)cc1-c1nc(CCl)co1. The summed E-state index contributed by atoms with van der Waals surface area (Å²) in [5.41, 5.74) is 2.19. The standard InChI is InChI=1S/C14H11Cl4NO2/c1-20-13-10(14-19-9(6-15)7-21-14)4-8(5-11(13)16)2-3-12(17)18/h3-5,7H,2,6H2,1H3. The van der Waals surface area contributed by atoms with Crippen molar-refractivity contribution in [1.82, 2.24) is 4.98 Å². The molecule has 21 heavy (non-hydrogen) atoms. The fourth-order valence-corrected chi connectivity index (χ4v) is 2.42. The van der Waals surface area contributed by atoms with Crippen LogP contribution in [0.3, 0.4) is 0 Å². The van der Waals surface area contributed by atoms with E-state index >= 15 is 0 Å². The highest BCUT2D eigenvalue weighted by Gasteiger charge is 2.16. The summed E-state index contributed by atoms with van der Waals surface area (Å²) in [5.74, 6) is 1.15. The third-order valence-corrected chi connectivity index (χ3v) is 3.58. The third-order valence-electron chi connectivity index (χ3n) is 2.72. The van der Waals surface area contributed by atoms with Crippen LogP contribution in [0.15, 0.2) is 33.4 Å². The molecule has 2 aromatic rings. The number of halogens is 4. The summed E-state index contributed by atoms with van der Waals surface area (Å²) < 4.78 is 10.9. The number of aromatic nitrogens is 1. The highest BCUT2D eigenvalue weighted by molar-refractivity contribution is 6.55. The number of hydrogen-bond acceptors (Lipinski definition) is 3. The molecule has 0 amide bonds. The molecule has 0 fully saturated rings. The van der Waals surface area contributed by atoms with E-state index in [0.717, 1.165) is 5.56 Å². The molecule has 0 aliphatic heterocycles. The van der Waals surface area contributed by atoms with Crippen LogP contribution in [0.2, 0.25) is 5.02 Å². The van der Waals surface area contributed by atoms with Crippen molar-refractivity contribution in [2.24, 2.45) is 0 Å². The number of oxazole rings is 1. The van der Waals surface area contributed by atoms with Gasteiger partial charge >= 0.3 is 0 Å². The van der Waals surface area contributed by atoms with Gasteiger partial charge in [-0.05, 0) is 30.2 Å². The first-order chi connectivity index (χ1) is 10.0. The molecule has 0 atom stereocenters. The lowest BCUT2D eigenvalue weighted by Crippen LogP contribution is -1.93. The number of hydrogen-bond donors (Lipinski definition) is 0. The Kier molecular flexibility index (Phi) is 5.82. The van der Waals surface area contributed by atoms with E-state index in [1.54, 1.807) is 12.1 Å². The molecule has 7 heteroatoms. The number of ether oxygens (including phenoxy) is 1. The number of benzene rings is 1. The van der Waals surface area contributed by atoms with Crippen LogP contribution in [-0.2, 0) is 12.3 Å². The number of methoxy groups -OCH3 is 1. The van der Waals surface area contributed by atoms with Crippen molar-refractivity contribution < 1.29 is 9.15 Å². The van der Waals surface area contributed by atoms with Gasteiger partial charge in [-0.1, -0.05) is 34.8 Å². The minimum atomic E-state index is 0.198. The first-order valence-corrected chi connectivity index (χ1v) is 7.60. The summed E-state index contributed by atoms with van der Waals surface area (Å²) in [5, 5.41) is 0.453. The molecule has 3 nitrogen and oxygen atoms in total. The first-order valence-electron chi connectivity index (χ1n) is 5.93. The summed E-state index contributed by atoms with van der Waals surface area (Å²) in [6, 6.07) is 3.64. The van der Waals surface area contributed by atoms with Crippen molar-refractivity contribution in [3.63, 3.8) is 0 Å². The molecule has 0 aliphatic carbocycles. The molecule has 0 radical (unpaired) electrons. The normalized spacial score (nSPS) is 10.5. The van der Waals surface area contributed by atoms with Crippen molar-refractivity contribution in [1.29, 1.82) is 0 Å². The first kappa shape index (κ1) is 16.5. The molecule has 0 spiro atoms. The average molecular weight is 367 g/mol. The molecule has 0 N–H and O–H groups in total. The predicted molar refractivity (Wildman–Crippen MR) is 86.6 cm³/mol. The second kappa shape index (κ2) is 7.41. The summed E-state index contributed by atoms with van der Waals surface area (Å²) in [7, 11) is 1.53. The van der Waals surface area contributed by atoms with Crippen LogP contribution in [0, 0.1) is 0 Å². The van der Waals surface area contributed by atoms with Gasteiger partial charge in [-0.25, -0.2) is 4.98 Å². The molecule has 1 aromatic carbocycles. The minimum Gasteiger partial charge on any atom is -0.494 e. The van der Waals surface area contributed by atoms with Gasteiger partial charge in [0.05, 0.1) is 29.3 Å². The zero-order chi connectivity index (χ0) is 15.4. The third kappa shape index (κ3) is 4.07. The van der Waals surface area contributed by atoms with Crippen LogP contribution in [0.4, 0.5) is 0 Å². The molecule has 1 aromatic heterocycles. The molecular formula is C14H11Cl4NO2. The van der Waals surface area contributed by atoms with Gasteiger partial charge in [-0.3, -0.25) is 0 Å². The molecule has 0 bridgehead atoms. The Bertz CT molecular complexity index is 663. The number of nitrogens with zero attached hydrogens (tertiary/aromatic N) is 1. The van der Waals surface area contributed by atoms with Crippen molar-refractivity contribution >= 4 is 46.4 Å². The van der Waals surface area contributed by atoms with E-state index in [0.29, 0.717) is 34.3 Å². The minimum absolute atomic E-state index is 0.198. The Morgan fingerprint density at radius 2 is 2.14 bits per heavy atom. The van der Waals surface area contributed by atoms with E-state index in [1.807, 2.05) is 6.07 Å². The van der Waals surface area contributed by atoms with Crippen LogP contribution in [0.1, 0.15) is 11.3 Å². The predicted octanol–water partition coefficient (Wildman–Crippen LogP) is 5.60. The lowest BCUT2D eigenvalue weighted by molar-refractivity contribution is 0.414. The van der Waals surface area contributed by atoms with Gasteiger partial charge in [-0.15, -0.1) is 11.6 Å². The Labute approximate surface area is 142 Å². The average Bonchev–Trinajstić information content (AvgIpc) is 2.93. The van der Waals surface area contributed by atoms with Crippen LogP contribution in [0.5, 0.6) is 5.75 Å². The van der Waals surface area contributed by atoms with Crippen LogP contribution >= 0.6 is 46.4 Å². The molecule has 0 saturated carbocycles. The Hall–Kier alpha value is -0.870. The molecule has 1 heterocycles. The van der Waals surface area contributed by atoms with Gasteiger partial charge in [0, 0.05) is 0 Å². The number of rotatable bonds is 5. The van der Waals surface area contributed by atoms with E-state index in [9.17, 15) is 0 Å². The van der Waals surface area contributed by atoms with Gasteiger partial charge in [0.1, 0.15) is 16.5 Å². The van der Waals surface area contributed by atoms with Gasteiger partial charge in [-0.2, -0.15) is 0 Å². The second-order valence-corrected chi connectivity index (χ2v) is 5.82. The molecule has 2 rings (SSSR count). The highest BCUT2D eigenvalue weighted by Crippen LogP contribution is 2.37. The zero-order valence-corrected chi connectivity index (χ0v) is 14.0. The van der Waals surface area contributed by atoms with Crippen molar-refractivity contribution in [2.45, 2.75) is 12.3 Å². The summed E-state index contributed by atoms with van der Waals surface area (Å²) >= 11 is 23.2. The molecule has 0 unspecified atom stereocenters. The van der Waals surface area contributed by atoms with E-state index in [1.165, 1.54) is 13.4 Å². The van der Waals surface area contributed by atoms with Crippen molar-refractivity contribution in [2.75, 3.05) is 7.11 Å². The topological polar surface area (TPSA) is 35.3 Å². The zero-order valence-electron chi connectivity index (χ0n) is 11.0. The van der Waals surface area contributed by atoms with Crippen molar-refractivity contribution in [3.8, 4) is 17.2 Å². The lowest BCUT2D eigenvalue weighted by atomic mass is 10.1. The van der Waals surface area contributed by atoms with Crippen LogP contribution in [-0.4, -0.2) is 12.1 Å². The van der Waals surface area contributed by atoms with Gasteiger partial charge < -0.3 is 9.15 Å². The van der Waals surface area contributed by atoms with Gasteiger partial charge in [0.25, 0.3) is 0 Å². The van der Waals surface area contributed by atoms with Gasteiger partial charge in [0.2, 0.25) is 5.89 Å². The maximum absolute atomic E-state index is 6.23.